The van der Waals surface area contributed by atoms with Gasteiger partial charge in [0.2, 0.25) is 0 Å². The molecule has 136 valence electrons. The standard InChI is InChI=1S/C24H34O/c1-5-7-8-10-20-13-19(4)14-22(16-20)24-15-18(3)11-12-21(24)17-23(25)9-6-2/h11-16,23,25H,5-10,17H2,1-4H3. The van der Waals surface area contributed by atoms with E-state index in [1.165, 1.54) is 52.6 Å². The molecule has 1 unspecified atom stereocenters. The first-order valence-electron chi connectivity index (χ1n) is 9.92. The van der Waals surface area contributed by atoms with Crippen molar-refractivity contribution in [1.82, 2.24) is 0 Å². The molecule has 0 heterocycles. The van der Waals surface area contributed by atoms with E-state index in [1.807, 2.05) is 0 Å². The van der Waals surface area contributed by atoms with Crippen LogP contribution in [-0.2, 0) is 12.8 Å². The van der Waals surface area contributed by atoms with Crippen molar-refractivity contribution < 1.29 is 5.11 Å². The van der Waals surface area contributed by atoms with Crippen molar-refractivity contribution >= 4 is 0 Å². The summed E-state index contributed by atoms with van der Waals surface area (Å²) in [6, 6.07) is 13.6. The highest BCUT2D eigenvalue weighted by Gasteiger charge is 2.11. The molecule has 0 amide bonds. The molecular formula is C24H34O. The first-order valence-corrected chi connectivity index (χ1v) is 9.92. The number of aliphatic hydroxyl groups excluding tert-OH is 1. The molecule has 1 atom stereocenters. The van der Waals surface area contributed by atoms with Crippen LogP contribution in [0, 0.1) is 13.8 Å². The summed E-state index contributed by atoms with van der Waals surface area (Å²) in [4.78, 5) is 0. The van der Waals surface area contributed by atoms with Gasteiger partial charge in [-0.3, -0.25) is 0 Å². The minimum absolute atomic E-state index is 0.250. The highest BCUT2D eigenvalue weighted by atomic mass is 16.3. The molecule has 25 heavy (non-hydrogen) atoms. The lowest BCUT2D eigenvalue weighted by atomic mass is 9.91. The quantitative estimate of drug-likeness (QED) is 0.524. The zero-order valence-corrected chi connectivity index (χ0v) is 16.4. The average Bonchev–Trinajstić information content (AvgIpc) is 2.56. The molecule has 0 saturated heterocycles. The molecule has 0 fully saturated rings. The van der Waals surface area contributed by atoms with Crippen molar-refractivity contribution in [3.63, 3.8) is 0 Å². The normalized spacial score (nSPS) is 12.4. The van der Waals surface area contributed by atoms with Gasteiger partial charge in [-0.1, -0.05) is 80.6 Å². The molecule has 0 aromatic heterocycles. The van der Waals surface area contributed by atoms with E-state index in [0.717, 1.165) is 25.7 Å². The molecule has 1 N–H and O–H groups in total. The van der Waals surface area contributed by atoms with Crippen LogP contribution in [0.1, 0.15) is 68.2 Å². The van der Waals surface area contributed by atoms with Gasteiger partial charge < -0.3 is 5.11 Å². The van der Waals surface area contributed by atoms with Crippen LogP contribution in [-0.4, -0.2) is 11.2 Å². The van der Waals surface area contributed by atoms with Crippen LogP contribution >= 0.6 is 0 Å². The zero-order valence-electron chi connectivity index (χ0n) is 16.4. The van der Waals surface area contributed by atoms with E-state index in [0.29, 0.717) is 0 Å². The molecule has 0 aliphatic heterocycles. The Morgan fingerprint density at radius 3 is 2.40 bits per heavy atom. The van der Waals surface area contributed by atoms with Crippen LogP contribution in [0.2, 0.25) is 0 Å². The van der Waals surface area contributed by atoms with Gasteiger partial charge in [0.1, 0.15) is 0 Å². The lowest BCUT2D eigenvalue weighted by Crippen LogP contribution is -2.10. The lowest BCUT2D eigenvalue weighted by Gasteiger charge is -2.16. The van der Waals surface area contributed by atoms with E-state index >= 15 is 0 Å². The van der Waals surface area contributed by atoms with Crippen molar-refractivity contribution in [2.24, 2.45) is 0 Å². The Morgan fingerprint density at radius 1 is 0.880 bits per heavy atom. The Labute approximate surface area is 154 Å². The summed E-state index contributed by atoms with van der Waals surface area (Å²) in [5, 5.41) is 10.3. The van der Waals surface area contributed by atoms with Crippen molar-refractivity contribution in [2.45, 2.75) is 78.7 Å². The molecule has 0 bridgehead atoms. The monoisotopic (exact) mass is 338 g/mol. The van der Waals surface area contributed by atoms with Crippen LogP contribution < -0.4 is 0 Å². The van der Waals surface area contributed by atoms with Gasteiger partial charge in [0, 0.05) is 0 Å². The third kappa shape index (κ3) is 6.01. The Hall–Kier alpha value is -1.60. The van der Waals surface area contributed by atoms with Gasteiger partial charge in [-0.05, 0) is 61.8 Å². The van der Waals surface area contributed by atoms with E-state index in [1.54, 1.807) is 0 Å². The number of benzene rings is 2. The summed E-state index contributed by atoms with van der Waals surface area (Å²) in [7, 11) is 0. The zero-order chi connectivity index (χ0) is 18.2. The highest BCUT2D eigenvalue weighted by Crippen LogP contribution is 2.29. The van der Waals surface area contributed by atoms with Gasteiger partial charge in [-0.2, -0.15) is 0 Å². The van der Waals surface area contributed by atoms with Crippen LogP contribution in [0.5, 0.6) is 0 Å². The second kappa shape index (κ2) is 9.77. The van der Waals surface area contributed by atoms with Crippen molar-refractivity contribution in [1.29, 1.82) is 0 Å². The van der Waals surface area contributed by atoms with Crippen LogP contribution in [0.15, 0.2) is 36.4 Å². The summed E-state index contributed by atoms with van der Waals surface area (Å²) >= 11 is 0. The molecule has 0 aliphatic carbocycles. The summed E-state index contributed by atoms with van der Waals surface area (Å²) in [6.45, 7) is 8.71. The lowest BCUT2D eigenvalue weighted by molar-refractivity contribution is 0.164. The fourth-order valence-corrected chi connectivity index (χ4v) is 3.57. The van der Waals surface area contributed by atoms with Gasteiger partial charge in [0.05, 0.1) is 6.10 Å². The number of hydrogen-bond acceptors (Lipinski definition) is 1. The summed E-state index contributed by atoms with van der Waals surface area (Å²) in [5.41, 5.74) is 7.88. The molecule has 2 rings (SSSR count). The highest BCUT2D eigenvalue weighted by molar-refractivity contribution is 5.69. The molecule has 1 heteroatoms. The van der Waals surface area contributed by atoms with Crippen LogP contribution in [0.4, 0.5) is 0 Å². The molecule has 0 radical (unpaired) electrons. The van der Waals surface area contributed by atoms with E-state index in [2.05, 4.69) is 64.1 Å². The van der Waals surface area contributed by atoms with Crippen molar-refractivity contribution in [3.8, 4) is 11.1 Å². The third-order valence-corrected chi connectivity index (χ3v) is 4.86. The van der Waals surface area contributed by atoms with E-state index in [9.17, 15) is 5.11 Å². The number of hydrogen-bond donors (Lipinski definition) is 1. The number of aryl methyl sites for hydroxylation is 3. The Morgan fingerprint density at radius 2 is 1.68 bits per heavy atom. The molecule has 0 aliphatic rings. The summed E-state index contributed by atoms with van der Waals surface area (Å²) in [5.74, 6) is 0. The van der Waals surface area contributed by atoms with Crippen molar-refractivity contribution in [2.75, 3.05) is 0 Å². The average molecular weight is 339 g/mol. The fourth-order valence-electron chi connectivity index (χ4n) is 3.57. The number of unbranched alkanes of at least 4 members (excludes halogenated alkanes) is 2. The van der Waals surface area contributed by atoms with Crippen LogP contribution in [0.25, 0.3) is 11.1 Å². The van der Waals surface area contributed by atoms with Gasteiger partial charge in [0.15, 0.2) is 0 Å². The van der Waals surface area contributed by atoms with Gasteiger partial charge in [-0.15, -0.1) is 0 Å². The van der Waals surface area contributed by atoms with E-state index < -0.39 is 0 Å². The molecular weight excluding hydrogens is 304 g/mol. The minimum atomic E-state index is -0.250. The third-order valence-electron chi connectivity index (χ3n) is 4.86. The smallest absolute Gasteiger partial charge is 0.0580 e. The number of aliphatic hydroxyl groups is 1. The maximum Gasteiger partial charge on any atom is 0.0580 e. The topological polar surface area (TPSA) is 20.2 Å². The molecule has 2 aromatic carbocycles. The fraction of sp³-hybridized carbons (Fsp3) is 0.500. The van der Waals surface area contributed by atoms with Crippen molar-refractivity contribution in [3.05, 3.63) is 58.7 Å². The molecule has 0 saturated carbocycles. The second-order valence-electron chi connectivity index (χ2n) is 7.47. The SMILES string of the molecule is CCCCCc1cc(C)cc(-c2cc(C)ccc2CC(O)CCC)c1. The van der Waals surface area contributed by atoms with Gasteiger partial charge in [-0.25, -0.2) is 0 Å². The van der Waals surface area contributed by atoms with Crippen LogP contribution in [0.3, 0.4) is 0 Å². The first-order chi connectivity index (χ1) is 12.0. The second-order valence-corrected chi connectivity index (χ2v) is 7.47. The Bertz CT molecular complexity index is 672. The maximum atomic E-state index is 10.3. The predicted molar refractivity (Wildman–Crippen MR) is 109 cm³/mol. The van der Waals surface area contributed by atoms with Gasteiger partial charge in [0.25, 0.3) is 0 Å². The first kappa shape index (κ1) is 19.7. The minimum Gasteiger partial charge on any atom is -0.393 e. The molecule has 2 aromatic rings. The maximum absolute atomic E-state index is 10.3. The number of rotatable bonds is 9. The largest absolute Gasteiger partial charge is 0.393 e. The van der Waals surface area contributed by atoms with E-state index in [-0.39, 0.29) is 6.10 Å². The Kier molecular flexibility index (Phi) is 7.71. The van der Waals surface area contributed by atoms with Gasteiger partial charge >= 0.3 is 0 Å². The Balaban J connectivity index is 2.34. The predicted octanol–water partition coefficient (Wildman–Crippen LogP) is 6.41. The molecule has 1 nitrogen and oxygen atoms in total. The summed E-state index contributed by atoms with van der Waals surface area (Å²) in [6.07, 6.45) is 7.34. The van der Waals surface area contributed by atoms with E-state index in [4.69, 9.17) is 0 Å². The molecule has 0 spiro atoms. The summed E-state index contributed by atoms with van der Waals surface area (Å²) < 4.78 is 0.